The van der Waals surface area contributed by atoms with Crippen LogP contribution in [0.25, 0.3) is 0 Å². The quantitative estimate of drug-likeness (QED) is 0.499. The minimum atomic E-state index is -0.644. The van der Waals surface area contributed by atoms with Crippen molar-refractivity contribution in [3.8, 4) is 0 Å². The van der Waals surface area contributed by atoms with Gasteiger partial charge in [-0.15, -0.1) is 0 Å². The van der Waals surface area contributed by atoms with Gasteiger partial charge >= 0.3 is 0 Å². The molecule has 31 heavy (non-hydrogen) atoms. The van der Waals surface area contributed by atoms with Crippen LogP contribution in [0.1, 0.15) is 58.3 Å². The van der Waals surface area contributed by atoms with E-state index in [1.165, 1.54) is 0 Å². The SMILES string of the molecule is C[C@]12CCC3C(C1CCC2=O)[C@@H](O)[C@H](CO)C1C/C(=N/OC2CCNC2)CC[C@]31CO. The van der Waals surface area contributed by atoms with Crippen molar-refractivity contribution in [3.63, 3.8) is 0 Å². The lowest BCUT2D eigenvalue weighted by atomic mass is 9.42. The summed E-state index contributed by atoms with van der Waals surface area (Å²) in [4.78, 5) is 18.5. The number of rotatable bonds is 4. The van der Waals surface area contributed by atoms with Gasteiger partial charge in [0.15, 0.2) is 0 Å². The number of carbonyl (C=O) groups is 1. The van der Waals surface area contributed by atoms with Gasteiger partial charge in [0, 0.05) is 49.3 Å². The molecule has 0 spiro atoms. The standard InChI is InChI=1S/C24H38N2O5/c1-23-7-5-18-21(17(23)2-3-20(23)29)22(30)16(12-27)19-10-14(4-8-24(18,19)13-28)26-31-15-6-9-25-11-15/h15-19,21-22,25,27-28,30H,2-13H2,1H3/b26-14+/t15?,16-,17?,18?,19?,21?,22+,23+,24+/m1/s1. The van der Waals surface area contributed by atoms with Crippen LogP contribution in [-0.2, 0) is 9.63 Å². The molecule has 5 aliphatic rings. The van der Waals surface area contributed by atoms with Crippen LogP contribution in [0.5, 0.6) is 0 Å². The van der Waals surface area contributed by atoms with Gasteiger partial charge in [-0.05, 0) is 68.7 Å². The maximum absolute atomic E-state index is 12.7. The van der Waals surface area contributed by atoms with Crippen LogP contribution in [0.4, 0.5) is 0 Å². The first kappa shape index (κ1) is 21.8. The summed E-state index contributed by atoms with van der Waals surface area (Å²) in [6.45, 7) is 3.83. The molecule has 7 heteroatoms. The number of fused-ring (bicyclic) bond motifs is 5. The maximum Gasteiger partial charge on any atom is 0.141 e. The van der Waals surface area contributed by atoms with Crippen LogP contribution < -0.4 is 5.32 Å². The molecule has 4 N–H and O–H groups in total. The van der Waals surface area contributed by atoms with E-state index in [1.807, 2.05) is 0 Å². The Labute approximate surface area is 184 Å². The topological polar surface area (TPSA) is 111 Å². The molecular formula is C24H38N2O5. The number of hydrogen-bond donors (Lipinski definition) is 4. The fraction of sp³-hybridized carbons (Fsp3) is 0.917. The van der Waals surface area contributed by atoms with Crippen LogP contribution in [0.15, 0.2) is 5.16 Å². The normalized spacial score (nSPS) is 50.8. The predicted molar refractivity (Wildman–Crippen MR) is 115 cm³/mol. The number of nitrogens with zero attached hydrogens (tertiary/aromatic N) is 1. The molecular weight excluding hydrogens is 396 g/mol. The van der Waals surface area contributed by atoms with E-state index in [2.05, 4.69) is 17.4 Å². The Bertz CT molecular complexity index is 737. The zero-order chi connectivity index (χ0) is 21.8. The summed E-state index contributed by atoms with van der Waals surface area (Å²) in [6, 6.07) is 0. The summed E-state index contributed by atoms with van der Waals surface area (Å²) >= 11 is 0. The number of nitrogens with one attached hydrogen (secondary N) is 1. The molecule has 0 aromatic carbocycles. The van der Waals surface area contributed by atoms with E-state index in [1.54, 1.807) is 0 Å². The fourth-order valence-corrected chi connectivity index (χ4v) is 8.30. The highest BCUT2D eigenvalue weighted by molar-refractivity contribution is 5.87. The summed E-state index contributed by atoms with van der Waals surface area (Å²) in [7, 11) is 0. The second-order valence-corrected chi connectivity index (χ2v) is 11.1. The Morgan fingerprint density at radius 3 is 2.68 bits per heavy atom. The van der Waals surface area contributed by atoms with Crippen molar-refractivity contribution in [1.29, 1.82) is 0 Å². The number of aliphatic hydroxyl groups is 3. The van der Waals surface area contributed by atoms with Crippen molar-refractivity contribution in [3.05, 3.63) is 0 Å². The van der Waals surface area contributed by atoms with Gasteiger partial charge in [0.2, 0.25) is 0 Å². The molecule has 4 saturated carbocycles. The zero-order valence-corrected chi connectivity index (χ0v) is 18.6. The number of ketones is 1. The Balaban J connectivity index is 1.44. The Morgan fingerprint density at radius 1 is 1.13 bits per heavy atom. The molecule has 9 atom stereocenters. The molecule has 174 valence electrons. The van der Waals surface area contributed by atoms with E-state index >= 15 is 0 Å². The molecule has 0 amide bonds. The summed E-state index contributed by atoms with van der Waals surface area (Å²) in [6.07, 6.45) is 5.82. The van der Waals surface area contributed by atoms with Crippen LogP contribution in [0.2, 0.25) is 0 Å². The highest BCUT2D eigenvalue weighted by Gasteiger charge is 2.66. The molecule has 0 aromatic rings. The second kappa shape index (κ2) is 8.08. The van der Waals surface area contributed by atoms with Gasteiger partial charge in [0.1, 0.15) is 11.9 Å². The van der Waals surface area contributed by atoms with Crippen molar-refractivity contribution in [2.45, 2.75) is 70.5 Å². The van der Waals surface area contributed by atoms with Crippen LogP contribution in [-0.4, -0.2) is 65.3 Å². The maximum atomic E-state index is 12.7. The average molecular weight is 435 g/mol. The monoisotopic (exact) mass is 434 g/mol. The highest BCUT2D eigenvalue weighted by Crippen LogP contribution is 2.66. The molecule has 5 rings (SSSR count). The van der Waals surface area contributed by atoms with Gasteiger partial charge in [-0.1, -0.05) is 12.1 Å². The Morgan fingerprint density at radius 2 is 1.97 bits per heavy atom. The number of hydrogen-bond acceptors (Lipinski definition) is 7. The van der Waals surface area contributed by atoms with Crippen LogP contribution in [0, 0.1) is 40.4 Å². The van der Waals surface area contributed by atoms with Crippen molar-refractivity contribution >= 4 is 11.5 Å². The lowest BCUT2D eigenvalue weighted by Gasteiger charge is -2.63. The van der Waals surface area contributed by atoms with Gasteiger partial charge in [0.05, 0.1) is 11.8 Å². The minimum absolute atomic E-state index is 0.0157. The zero-order valence-electron chi connectivity index (χ0n) is 18.6. The second-order valence-electron chi connectivity index (χ2n) is 11.1. The number of aliphatic hydroxyl groups excluding tert-OH is 3. The van der Waals surface area contributed by atoms with E-state index in [9.17, 15) is 20.1 Å². The third kappa shape index (κ3) is 3.22. The van der Waals surface area contributed by atoms with Crippen molar-refractivity contribution in [2.24, 2.45) is 45.6 Å². The number of carbonyl (C=O) groups excluding carboxylic acids is 1. The lowest BCUT2D eigenvalue weighted by molar-refractivity contribution is -0.204. The van der Waals surface area contributed by atoms with E-state index in [-0.39, 0.29) is 59.7 Å². The molecule has 4 aliphatic carbocycles. The molecule has 0 radical (unpaired) electrons. The van der Waals surface area contributed by atoms with Gasteiger partial charge in [-0.2, -0.15) is 0 Å². The van der Waals surface area contributed by atoms with Crippen molar-refractivity contribution in [1.82, 2.24) is 5.32 Å². The molecule has 0 bridgehead atoms. The van der Waals surface area contributed by atoms with E-state index in [0.717, 1.165) is 57.3 Å². The summed E-state index contributed by atoms with van der Waals surface area (Å²) in [5.74, 6) is 0.333. The van der Waals surface area contributed by atoms with Crippen molar-refractivity contribution in [2.75, 3.05) is 26.3 Å². The van der Waals surface area contributed by atoms with Crippen LogP contribution in [0.3, 0.4) is 0 Å². The van der Waals surface area contributed by atoms with Crippen LogP contribution >= 0.6 is 0 Å². The first-order valence-corrected chi connectivity index (χ1v) is 12.3. The Kier molecular flexibility index (Phi) is 5.69. The van der Waals surface area contributed by atoms with Gasteiger partial charge in [0.25, 0.3) is 0 Å². The predicted octanol–water partition coefficient (Wildman–Crippen LogP) is 1.49. The van der Waals surface area contributed by atoms with Gasteiger partial charge < -0.3 is 25.5 Å². The first-order chi connectivity index (χ1) is 14.9. The molecule has 5 unspecified atom stereocenters. The molecule has 1 heterocycles. The minimum Gasteiger partial charge on any atom is -0.396 e. The molecule has 7 nitrogen and oxygen atoms in total. The van der Waals surface area contributed by atoms with Gasteiger partial charge in [-0.25, -0.2) is 0 Å². The molecule has 5 fully saturated rings. The highest BCUT2D eigenvalue weighted by atomic mass is 16.6. The Hall–Kier alpha value is -1.02. The van der Waals surface area contributed by atoms with Crippen molar-refractivity contribution < 1.29 is 25.0 Å². The largest absolute Gasteiger partial charge is 0.396 e. The average Bonchev–Trinajstić information content (AvgIpc) is 3.40. The number of Topliss-reactive ketones (excluding diaryl/α,β-unsaturated/α-hetero) is 1. The molecule has 1 saturated heterocycles. The number of oxime groups is 1. The summed E-state index contributed by atoms with van der Waals surface area (Å²) in [5.41, 5.74) is 0.315. The fourth-order valence-electron chi connectivity index (χ4n) is 8.30. The molecule has 0 aromatic heterocycles. The molecule has 1 aliphatic heterocycles. The first-order valence-electron chi connectivity index (χ1n) is 12.3. The summed E-state index contributed by atoms with van der Waals surface area (Å²) < 4.78 is 0. The van der Waals surface area contributed by atoms with Gasteiger partial charge in [-0.3, -0.25) is 4.79 Å². The lowest BCUT2D eigenvalue weighted by Crippen LogP contribution is -2.64. The van der Waals surface area contributed by atoms with E-state index in [4.69, 9.17) is 4.84 Å². The summed E-state index contributed by atoms with van der Waals surface area (Å²) in [5, 5.41) is 40.4. The van der Waals surface area contributed by atoms with E-state index < -0.39 is 6.10 Å². The third-order valence-corrected chi connectivity index (χ3v) is 10.1. The third-order valence-electron chi connectivity index (χ3n) is 10.1. The smallest absolute Gasteiger partial charge is 0.141 e. The van der Waals surface area contributed by atoms with E-state index in [0.29, 0.717) is 18.6 Å².